The third-order valence-corrected chi connectivity index (χ3v) is 2.34. The SMILES string of the molecule is Cc1ccc(C#N)c(-n2cc(Cl)c(N)n2)n1. The molecule has 0 saturated heterocycles. The van der Waals surface area contributed by atoms with Crippen LogP contribution in [0.2, 0.25) is 5.02 Å². The lowest BCUT2D eigenvalue weighted by Crippen LogP contribution is -2.03. The fourth-order valence-corrected chi connectivity index (χ4v) is 1.41. The summed E-state index contributed by atoms with van der Waals surface area (Å²) >= 11 is 5.80. The molecule has 0 fully saturated rings. The molecule has 16 heavy (non-hydrogen) atoms. The van der Waals surface area contributed by atoms with Gasteiger partial charge in [0, 0.05) is 5.69 Å². The number of nitrogens with two attached hydrogens (primary N) is 1. The molecule has 0 aliphatic rings. The number of pyridine rings is 1. The highest BCUT2D eigenvalue weighted by atomic mass is 35.5. The van der Waals surface area contributed by atoms with E-state index in [-0.39, 0.29) is 5.82 Å². The maximum atomic E-state index is 8.95. The predicted octanol–water partition coefficient (Wildman–Crippen LogP) is 1.68. The maximum absolute atomic E-state index is 8.95. The van der Waals surface area contributed by atoms with Crippen molar-refractivity contribution in [2.24, 2.45) is 0 Å². The Hall–Kier alpha value is -2.06. The number of halogens is 1. The summed E-state index contributed by atoms with van der Waals surface area (Å²) in [7, 11) is 0. The summed E-state index contributed by atoms with van der Waals surface area (Å²) in [5, 5.41) is 13.3. The van der Waals surface area contributed by atoms with Crippen molar-refractivity contribution in [1.29, 1.82) is 5.26 Å². The van der Waals surface area contributed by atoms with Gasteiger partial charge in [-0.05, 0) is 19.1 Å². The van der Waals surface area contributed by atoms with Crippen molar-refractivity contribution in [1.82, 2.24) is 14.8 Å². The fraction of sp³-hybridized carbons (Fsp3) is 0.100. The Bertz CT molecular complexity index is 562. The van der Waals surface area contributed by atoms with Gasteiger partial charge in [-0.25, -0.2) is 9.67 Å². The highest BCUT2D eigenvalue weighted by molar-refractivity contribution is 6.32. The van der Waals surface area contributed by atoms with Gasteiger partial charge in [0.1, 0.15) is 11.1 Å². The fourth-order valence-electron chi connectivity index (χ4n) is 1.28. The number of aryl methyl sites for hydroxylation is 1. The molecule has 5 nitrogen and oxygen atoms in total. The molecule has 0 aromatic carbocycles. The van der Waals surface area contributed by atoms with E-state index >= 15 is 0 Å². The van der Waals surface area contributed by atoms with E-state index in [2.05, 4.69) is 10.1 Å². The number of rotatable bonds is 1. The second-order valence-electron chi connectivity index (χ2n) is 3.24. The summed E-state index contributed by atoms with van der Waals surface area (Å²) in [6, 6.07) is 5.49. The summed E-state index contributed by atoms with van der Waals surface area (Å²) in [5.41, 5.74) is 6.74. The molecule has 80 valence electrons. The third-order valence-electron chi connectivity index (χ3n) is 2.05. The zero-order valence-electron chi connectivity index (χ0n) is 8.48. The van der Waals surface area contributed by atoms with Gasteiger partial charge in [-0.2, -0.15) is 5.26 Å². The highest BCUT2D eigenvalue weighted by Gasteiger charge is 2.10. The molecule has 0 saturated carbocycles. The van der Waals surface area contributed by atoms with E-state index in [1.807, 2.05) is 13.0 Å². The van der Waals surface area contributed by atoms with Crippen LogP contribution < -0.4 is 5.73 Å². The molecule has 0 amide bonds. The Kier molecular flexibility index (Phi) is 2.50. The molecule has 0 radical (unpaired) electrons. The molecule has 0 unspecified atom stereocenters. The molecule has 0 bridgehead atoms. The first-order valence-electron chi connectivity index (χ1n) is 4.50. The predicted molar refractivity (Wildman–Crippen MR) is 60.2 cm³/mol. The zero-order valence-corrected chi connectivity index (χ0v) is 9.23. The first kappa shape index (κ1) is 10.5. The van der Waals surface area contributed by atoms with E-state index < -0.39 is 0 Å². The summed E-state index contributed by atoms with van der Waals surface area (Å²) in [6.07, 6.45) is 1.53. The number of anilines is 1. The Labute approximate surface area is 97.1 Å². The lowest BCUT2D eigenvalue weighted by atomic mass is 10.2. The molecular formula is C10H8ClN5. The van der Waals surface area contributed by atoms with Crippen LogP contribution in [0.4, 0.5) is 5.82 Å². The van der Waals surface area contributed by atoms with Crippen LogP contribution in [-0.2, 0) is 0 Å². The van der Waals surface area contributed by atoms with Crippen molar-refractivity contribution in [3.63, 3.8) is 0 Å². The lowest BCUT2D eigenvalue weighted by molar-refractivity contribution is 0.841. The van der Waals surface area contributed by atoms with Crippen LogP contribution in [0.5, 0.6) is 0 Å². The van der Waals surface area contributed by atoms with Gasteiger partial charge in [0.05, 0.1) is 11.8 Å². The van der Waals surface area contributed by atoms with E-state index in [4.69, 9.17) is 22.6 Å². The smallest absolute Gasteiger partial charge is 0.171 e. The standard InChI is InChI=1S/C10H8ClN5/c1-6-2-3-7(4-12)10(14-6)16-5-8(11)9(13)15-16/h2-3,5H,1H3,(H2,13,15). The number of aromatic nitrogens is 3. The number of nitrogens with zero attached hydrogens (tertiary/aromatic N) is 4. The first-order valence-corrected chi connectivity index (χ1v) is 4.88. The molecule has 0 spiro atoms. The second-order valence-corrected chi connectivity index (χ2v) is 3.65. The summed E-state index contributed by atoms with van der Waals surface area (Å²) < 4.78 is 1.41. The van der Waals surface area contributed by atoms with E-state index in [1.54, 1.807) is 12.1 Å². The Morgan fingerprint density at radius 3 is 2.81 bits per heavy atom. The molecule has 0 atom stereocenters. The number of nitriles is 1. The van der Waals surface area contributed by atoms with Crippen molar-refractivity contribution in [2.75, 3.05) is 5.73 Å². The monoisotopic (exact) mass is 233 g/mol. The van der Waals surface area contributed by atoms with Crippen molar-refractivity contribution in [3.8, 4) is 11.9 Å². The van der Waals surface area contributed by atoms with E-state index in [0.29, 0.717) is 16.4 Å². The minimum atomic E-state index is 0.217. The third kappa shape index (κ3) is 1.71. The topological polar surface area (TPSA) is 80.5 Å². The van der Waals surface area contributed by atoms with Gasteiger partial charge in [-0.1, -0.05) is 11.6 Å². The van der Waals surface area contributed by atoms with Crippen LogP contribution in [0.1, 0.15) is 11.3 Å². The Morgan fingerprint density at radius 1 is 1.50 bits per heavy atom. The Balaban J connectivity index is 2.63. The number of hydrogen-bond donors (Lipinski definition) is 1. The number of hydrogen-bond acceptors (Lipinski definition) is 4. The zero-order chi connectivity index (χ0) is 11.7. The summed E-state index contributed by atoms with van der Waals surface area (Å²) in [5.74, 6) is 0.648. The van der Waals surface area contributed by atoms with Crippen LogP contribution in [0, 0.1) is 18.3 Å². The lowest BCUT2D eigenvalue weighted by Gasteiger charge is -2.03. The van der Waals surface area contributed by atoms with Gasteiger partial charge in [0.2, 0.25) is 0 Å². The Morgan fingerprint density at radius 2 is 2.25 bits per heavy atom. The van der Waals surface area contributed by atoms with Crippen LogP contribution in [0.25, 0.3) is 5.82 Å². The molecule has 0 aliphatic heterocycles. The summed E-state index contributed by atoms with van der Waals surface area (Å²) in [6.45, 7) is 1.83. The average molecular weight is 234 g/mol. The molecular weight excluding hydrogens is 226 g/mol. The minimum Gasteiger partial charge on any atom is -0.381 e. The average Bonchev–Trinajstić information content (AvgIpc) is 2.59. The van der Waals surface area contributed by atoms with Crippen LogP contribution in [0.15, 0.2) is 18.3 Å². The quantitative estimate of drug-likeness (QED) is 0.813. The van der Waals surface area contributed by atoms with Gasteiger partial charge in [0.25, 0.3) is 0 Å². The van der Waals surface area contributed by atoms with E-state index in [0.717, 1.165) is 5.69 Å². The molecule has 2 N–H and O–H groups in total. The van der Waals surface area contributed by atoms with E-state index in [1.165, 1.54) is 10.9 Å². The van der Waals surface area contributed by atoms with E-state index in [9.17, 15) is 0 Å². The van der Waals surface area contributed by atoms with Crippen LogP contribution in [0.3, 0.4) is 0 Å². The van der Waals surface area contributed by atoms with Crippen molar-refractivity contribution < 1.29 is 0 Å². The molecule has 2 heterocycles. The molecule has 0 aliphatic carbocycles. The van der Waals surface area contributed by atoms with Crippen molar-refractivity contribution in [2.45, 2.75) is 6.92 Å². The molecule has 2 aromatic rings. The first-order chi connectivity index (χ1) is 7.61. The normalized spacial score (nSPS) is 10.1. The highest BCUT2D eigenvalue weighted by Crippen LogP contribution is 2.19. The maximum Gasteiger partial charge on any atom is 0.171 e. The molecule has 6 heteroatoms. The van der Waals surface area contributed by atoms with Gasteiger partial charge >= 0.3 is 0 Å². The van der Waals surface area contributed by atoms with Gasteiger partial charge in [-0.3, -0.25) is 0 Å². The van der Waals surface area contributed by atoms with Crippen molar-refractivity contribution >= 4 is 17.4 Å². The minimum absolute atomic E-state index is 0.217. The van der Waals surface area contributed by atoms with Crippen molar-refractivity contribution in [3.05, 3.63) is 34.6 Å². The van der Waals surface area contributed by atoms with Crippen LogP contribution in [-0.4, -0.2) is 14.8 Å². The second kappa shape index (κ2) is 3.83. The molecule has 2 rings (SSSR count). The molecule has 2 aromatic heterocycles. The van der Waals surface area contributed by atoms with Gasteiger partial charge < -0.3 is 5.73 Å². The van der Waals surface area contributed by atoms with Gasteiger partial charge in [0.15, 0.2) is 11.6 Å². The largest absolute Gasteiger partial charge is 0.381 e. The summed E-state index contributed by atoms with van der Waals surface area (Å²) in [4.78, 5) is 4.23. The van der Waals surface area contributed by atoms with Gasteiger partial charge in [-0.15, -0.1) is 5.10 Å². The number of nitrogen functional groups attached to an aromatic ring is 1. The van der Waals surface area contributed by atoms with Crippen LogP contribution >= 0.6 is 11.6 Å².